The largest absolute Gasteiger partial charge is 0.481 e. The summed E-state index contributed by atoms with van der Waals surface area (Å²) in [6.45, 7) is 0.595. The van der Waals surface area contributed by atoms with Crippen LogP contribution in [0.4, 0.5) is 0 Å². The van der Waals surface area contributed by atoms with Crippen LogP contribution in [-0.2, 0) is 9.59 Å². The van der Waals surface area contributed by atoms with E-state index in [9.17, 15) is 9.59 Å². The molecule has 0 radical (unpaired) electrons. The van der Waals surface area contributed by atoms with Crippen molar-refractivity contribution in [3.63, 3.8) is 0 Å². The first-order valence-electron chi connectivity index (χ1n) is 6.33. The third kappa shape index (κ3) is 4.73. The van der Waals surface area contributed by atoms with Gasteiger partial charge in [0, 0.05) is 13.0 Å². The van der Waals surface area contributed by atoms with Crippen LogP contribution in [0.5, 0.6) is 0 Å². The normalized spacial score (nSPS) is 17.9. The van der Waals surface area contributed by atoms with Gasteiger partial charge in [0.15, 0.2) is 0 Å². The number of hydrogen-bond donors (Lipinski definition) is 3. The average Bonchev–Trinajstić information content (AvgIpc) is 2.71. The summed E-state index contributed by atoms with van der Waals surface area (Å²) in [5.74, 6) is -0.811. The maximum absolute atomic E-state index is 11.8. The Morgan fingerprint density at radius 1 is 1.18 bits per heavy atom. The molecule has 17 heavy (non-hydrogen) atoms. The van der Waals surface area contributed by atoms with Crippen LogP contribution in [0.1, 0.15) is 51.4 Å². The van der Waals surface area contributed by atoms with Gasteiger partial charge in [0.25, 0.3) is 0 Å². The topological polar surface area (TPSA) is 92.4 Å². The fraction of sp³-hybridized carbons (Fsp3) is 0.833. The molecule has 0 spiro atoms. The van der Waals surface area contributed by atoms with Crippen LogP contribution in [0.15, 0.2) is 0 Å². The molecule has 0 aromatic carbocycles. The fourth-order valence-electron chi connectivity index (χ4n) is 2.19. The number of carboxylic acids is 1. The molecule has 1 saturated carbocycles. The number of nitrogens with two attached hydrogens (primary N) is 1. The molecule has 0 unspecified atom stereocenters. The highest BCUT2D eigenvalue weighted by Crippen LogP contribution is 2.27. The molecule has 1 fully saturated rings. The van der Waals surface area contributed by atoms with E-state index < -0.39 is 11.5 Å². The molecule has 4 N–H and O–H groups in total. The van der Waals surface area contributed by atoms with E-state index in [1.54, 1.807) is 0 Å². The van der Waals surface area contributed by atoms with Gasteiger partial charge >= 0.3 is 5.97 Å². The van der Waals surface area contributed by atoms with E-state index in [4.69, 9.17) is 10.8 Å². The number of carbonyl (C=O) groups is 2. The third-order valence-electron chi connectivity index (χ3n) is 3.30. The number of rotatable bonds is 7. The fourth-order valence-corrected chi connectivity index (χ4v) is 2.19. The zero-order valence-corrected chi connectivity index (χ0v) is 10.2. The van der Waals surface area contributed by atoms with Crippen molar-refractivity contribution in [3.8, 4) is 0 Å². The molecular formula is C12H22N2O3. The first-order chi connectivity index (χ1) is 8.04. The van der Waals surface area contributed by atoms with Crippen molar-refractivity contribution in [2.75, 3.05) is 6.54 Å². The van der Waals surface area contributed by atoms with Crippen LogP contribution in [0, 0.1) is 0 Å². The van der Waals surface area contributed by atoms with Gasteiger partial charge in [0.1, 0.15) is 0 Å². The second kappa shape index (κ2) is 6.59. The van der Waals surface area contributed by atoms with E-state index in [-0.39, 0.29) is 12.3 Å². The number of aliphatic carboxylic acids is 1. The number of nitrogens with one attached hydrogen (secondary N) is 1. The van der Waals surface area contributed by atoms with Gasteiger partial charge in [-0.05, 0) is 25.7 Å². The molecule has 0 aliphatic heterocycles. The first-order valence-corrected chi connectivity index (χ1v) is 6.33. The maximum atomic E-state index is 11.8. The minimum absolute atomic E-state index is 0.0479. The predicted octanol–water partition coefficient (Wildman–Crippen LogP) is 1.02. The minimum atomic E-state index is -0.763. The summed E-state index contributed by atoms with van der Waals surface area (Å²) >= 11 is 0. The van der Waals surface area contributed by atoms with Crippen LogP contribution < -0.4 is 11.1 Å². The lowest BCUT2D eigenvalue weighted by atomic mass is 9.98. The van der Waals surface area contributed by atoms with E-state index in [1.165, 1.54) is 0 Å². The zero-order chi connectivity index (χ0) is 12.7. The van der Waals surface area contributed by atoms with Gasteiger partial charge in [0.05, 0.1) is 5.54 Å². The van der Waals surface area contributed by atoms with E-state index in [0.29, 0.717) is 13.0 Å². The van der Waals surface area contributed by atoms with Crippen molar-refractivity contribution in [2.24, 2.45) is 5.73 Å². The Kier molecular flexibility index (Phi) is 5.41. The van der Waals surface area contributed by atoms with Crippen LogP contribution >= 0.6 is 0 Å². The second-order valence-corrected chi connectivity index (χ2v) is 4.82. The van der Waals surface area contributed by atoms with Gasteiger partial charge in [-0.3, -0.25) is 9.59 Å². The highest BCUT2D eigenvalue weighted by molar-refractivity contribution is 5.86. The monoisotopic (exact) mass is 242 g/mol. The quantitative estimate of drug-likeness (QED) is 0.581. The Balaban J connectivity index is 2.06. The Morgan fingerprint density at radius 3 is 2.41 bits per heavy atom. The summed E-state index contributed by atoms with van der Waals surface area (Å²) in [5.41, 5.74) is 5.34. The molecule has 1 rings (SSSR count). The zero-order valence-electron chi connectivity index (χ0n) is 10.2. The molecule has 0 aromatic heterocycles. The molecule has 5 nitrogen and oxygen atoms in total. The highest BCUT2D eigenvalue weighted by atomic mass is 16.4. The van der Waals surface area contributed by atoms with Gasteiger partial charge in [-0.1, -0.05) is 19.3 Å². The van der Waals surface area contributed by atoms with E-state index >= 15 is 0 Å². The van der Waals surface area contributed by atoms with Crippen LogP contribution in [-0.4, -0.2) is 29.1 Å². The van der Waals surface area contributed by atoms with Crippen molar-refractivity contribution in [2.45, 2.75) is 56.9 Å². The molecule has 0 atom stereocenters. The smallest absolute Gasteiger partial charge is 0.303 e. The van der Waals surface area contributed by atoms with Gasteiger partial charge in [-0.15, -0.1) is 0 Å². The van der Waals surface area contributed by atoms with Crippen molar-refractivity contribution < 1.29 is 14.7 Å². The van der Waals surface area contributed by atoms with Crippen molar-refractivity contribution in [3.05, 3.63) is 0 Å². The van der Waals surface area contributed by atoms with Crippen molar-refractivity contribution >= 4 is 11.9 Å². The van der Waals surface area contributed by atoms with Crippen LogP contribution in [0.3, 0.4) is 0 Å². The SMILES string of the molecule is NC1(C(=O)NCCCCCC(=O)O)CCCC1. The first kappa shape index (κ1) is 14.0. The Hall–Kier alpha value is -1.10. The summed E-state index contributed by atoms with van der Waals surface area (Å²) in [6.07, 6.45) is 6.12. The number of amides is 1. The molecular weight excluding hydrogens is 220 g/mol. The summed E-state index contributed by atoms with van der Waals surface area (Å²) in [5, 5.41) is 11.3. The number of carboxylic acid groups (broad SMARTS) is 1. The number of unbranched alkanes of at least 4 members (excludes halogenated alkanes) is 2. The second-order valence-electron chi connectivity index (χ2n) is 4.82. The Labute approximate surface area is 102 Å². The van der Waals surface area contributed by atoms with Gasteiger partial charge < -0.3 is 16.2 Å². The Bertz CT molecular complexity index is 273. The summed E-state index contributed by atoms with van der Waals surface area (Å²) < 4.78 is 0. The molecule has 1 aliphatic rings. The van der Waals surface area contributed by atoms with Gasteiger partial charge in [0.2, 0.25) is 5.91 Å². The van der Waals surface area contributed by atoms with Crippen LogP contribution in [0.2, 0.25) is 0 Å². The van der Waals surface area contributed by atoms with E-state index in [0.717, 1.165) is 38.5 Å². The molecule has 98 valence electrons. The average molecular weight is 242 g/mol. The molecule has 0 bridgehead atoms. The highest BCUT2D eigenvalue weighted by Gasteiger charge is 2.36. The van der Waals surface area contributed by atoms with E-state index in [2.05, 4.69) is 5.32 Å². The lowest BCUT2D eigenvalue weighted by molar-refractivity contribution is -0.137. The Morgan fingerprint density at radius 2 is 1.82 bits per heavy atom. The molecule has 1 aliphatic carbocycles. The maximum Gasteiger partial charge on any atom is 0.303 e. The lowest BCUT2D eigenvalue weighted by Crippen LogP contribution is -2.52. The molecule has 0 aromatic rings. The van der Waals surface area contributed by atoms with Crippen molar-refractivity contribution in [1.82, 2.24) is 5.32 Å². The molecule has 0 saturated heterocycles. The molecule has 1 amide bonds. The summed E-state index contributed by atoms with van der Waals surface area (Å²) in [4.78, 5) is 22.0. The standard InChI is InChI=1S/C12H22N2O3/c13-12(7-3-4-8-12)11(17)14-9-5-1-2-6-10(15)16/h1-9,13H2,(H,14,17)(H,15,16). The minimum Gasteiger partial charge on any atom is -0.481 e. The number of carbonyl (C=O) groups excluding carboxylic acids is 1. The molecule has 5 heteroatoms. The molecule has 0 heterocycles. The third-order valence-corrected chi connectivity index (χ3v) is 3.30. The summed E-state index contributed by atoms with van der Waals surface area (Å²) in [7, 11) is 0. The van der Waals surface area contributed by atoms with Gasteiger partial charge in [-0.25, -0.2) is 0 Å². The lowest BCUT2D eigenvalue weighted by Gasteiger charge is -2.22. The van der Waals surface area contributed by atoms with Crippen molar-refractivity contribution in [1.29, 1.82) is 0 Å². The number of hydrogen-bond acceptors (Lipinski definition) is 3. The summed E-state index contributed by atoms with van der Waals surface area (Å²) in [6, 6.07) is 0. The van der Waals surface area contributed by atoms with Gasteiger partial charge in [-0.2, -0.15) is 0 Å². The van der Waals surface area contributed by atoms with E-state index in [1.807, 2.05) is 0 Å². The predicted molar refractivity (Wildman–Crippen MR) is 64.5 cm³/mol. The van der Waals surface area contributed by atoms with Crippen LogP contribution in [0.25, 0.3) is 0 Å².